The smallest absolute Gasteiger partial charge is 0.0896 e. The van der Waals surface area contributed by atoms with Crippen molar-refractivity contribution in [1.29, 1.82) is 0 Å². The summed E-state index contributed by atoms with van der Waals surface area (Å²) in [5.74, 6) is 0.417. The molecular weight excluding hydrogens is 317 g/mol. The van der Waals surface area contributed by atoms with E-state index in [1.165, 1.54) is 5.56 Å². The van der Waals surface area contributed by atoms with Crippen molar-refractivity contribution in [3.63, 3.8) is 0 Å². The van der Waals surface area contributed by atoms with Crippen molar-refractivity contribution in [3.05, 3.63) is 63.6 Å². The molecule has 1 fully saturated rings. The van der Waals surface area contributed by atoms with Crippen molar-refractivity contribution in [3.8, 4) is 0 Å². The van der Waals surface area contributed by atoms with Crippen LogP contribution in [-0.4, -0.2) is 6.61 Å². The highest BCUT2D eigenvalue weighted by Crippen LogP contribution is 2.50. The van der Waals surface area contributed by atoms with Crippen molar-refractivity contribution in [1.82, 2.24) is 0 Å². The molecule has 22 heavy (non-hydrogen) atoms. The van der Waals surface area contributed by atoms with Gasteiger partial charge in [-0.2, -0.15) is 0 Å². The third kappa shape index (κ3) is 2.40. The Morgan fingerprint density at radius 1 is 1.05 bits per heavy atom. The van der Waals surface area contributed by atoms with Crippen molar-refractivity contribution >= 4 is 28.9 Å². The first-order valence-corrected chi connectivity index (χ1v) is 8.41. The van der Waals surface area contributed by atoms with Crippen LogP contribution in [0.3, 0.4) is 0 Å². The Morgan fingerprint density at radius 2 is 1.82 bits per heavy atom. The summed E-state index contributed by atoms with van der Waals surface area (Å²) in [7, 11) is 0. The quantitative estimate of drug-likeness (QED) is 0.730. The molecule has 0 saturated carbocycles. The third-order valence-electron chi connectivity index (χ3n) is 4.66. The zero-order valence-electron chi connectivity index (χ0n) is 12.1. The van der Waals surface area contributed by atoms with Gasteiger partial charge in [-0.3, -0.25) is 0 Å². The van der Waals surface area contributed by atoms with E-state index >= 15 is 0 Å². The molecule has 0 unspecified atom stereocenters. The average Bonchev–Trinajstić information content (AvgIpc) is 2.56. The molecule has 2 aliphatic rings. The minimum absolute atomic E-state index is 0.0879. The summed E-state index contributed by atoms with van der Waals surface area (Å²) in [5, 5.41) is 4.83. The molecule has 1 N–H and O–H groups in total. The Labute approximate surface area is 140 Å². The van der Waals surface area contributed by atoms with Gasteiger partial charge in [-0.05, 0) is 30.5 Å². The SMILES string of the molecule is Clc1cc2c(cc1Cl)[C@H]1OCCC[C@H]1[C@@H](c1ccccc1)N2. The van der Waals surface area contributed by atoms with Gasteiger partial charge in [0.2, 0.25) is 0 Å². The van der Waals surface area contributed by atoms with E-state index in [1.54, 1.807) is 0 Å². The number of anilines is 1. The molecule has 2 aromatic carbocycles. The van der Waals surface area contributed by atoms with E-state index in [9.17, 15) is 0 Å². The maximum Gasteiger partial charge on any atom is 0.0896 e. The molecule has 4 rings (SSSR count). The van der Waals surface area contributed by atoms with Gasteiger partial charge in [-0.15, -0.1) is 0 Å². The average molecular weight is 334 g/mol. The fourth-order valence-electron chi connectivity index (χ4n) is 3.65. The third-order valence-corrected chi connectivity index (χ3v) is 5.39. The van der Waals surface area contributed by atoms with E-state index in [4.69, 9.17) is 27.9 Å². The van der Waals surface area contributed by atoms with E-state index in [1.807, 2.05) is 18.2 Å². The lowest BCUT2D eigenvalue weighted by Gasteiger charge is -2.43. The normalized spacial score (nSPS) is 26.7. The molecule has 0 spiro atoms. The van der Waals surface area contributed by atoms with Crippen molar-refractivity contribution in [2.75, 3.05) is 11.9 Å². The van der Waals surface area contributed by atoms with Gasteiger partial charge in [-0.1, -0.05) is 53.5 Å². The number of hydrogen-bond acceptors (Lipinski definition) is 2. The zero-order valence-corrected chi connectivity index (χ0v) is 13.6. The van der Waals surface area contributed by atoms with Crippen LogP contribution >= 0.6 is 23.2 Å². The number of nitrogens with one attached hydrogen (secondary N) is 1. The predicted molar refractivity (Wildman–Crippen MR) is 90.7 cm³/mol. The number of ether oxygens (including phenoxy) is 1. The lowest BCUT2D eigenvalue weighted by atomic mass is 9.77. The van der Waals surface area contributed by atoms with Gasteiger partial charge >= 0.3 is 0 Å². The lowest BCUT2D eigenvalue weighted by Crippen LogP contribution is -2.36. The van der Waals surface area contributed by atoms with Crippen molar-refractivity contribution < 1.29 is 4.74 Å². The first-order chi connectivity index (χ1) is 10.7. The highest BCUT2D eigenvalue weighted by molar-refractivity contribution is 6.42. The van der Waals surface area contributed by atoms with Crippen molar-refractivity contribution in [2.45, 2.75) is 25.0 Å². The summed E-state index contributed by atoms with van der Waals surface area (Å²) in [4.78, 5) is 0. The van der Waals surface area contributed by atoms with Gasteiger partial charge in [0.15, 0.2) is 0 Å². The van der Waals surface area contributed by atoms with Gasteiger partial charge in [0.05, 0.1) is 22.2 Å². The van der Waals surface area contributed by atoms with Crippen LogP contribution in [0, 0.1) is 5.92 Å². The number of hydrogen-bond donors (Lipinski definition) is 1. The molecule has 2 heterocycles. The van der Waals surface area contributed by atoms with Gasteiger partial charge < -0.3 is 10.1 Å². The van der Waals surface area contributed by atoms with Crippen molar-refractivity contribution in [2.24, 2.45) is 5.92 Å². The van der Waals surface area contributed by atoms with Crippen LogP contribution in [0.5, 0.6) is 0 Å². The number of rotatable bonds is 1. The fraction of sp³-hybridized carbons (Fsp3) is 0.333. The molecule has 2 aliphatic heterocycles. The first-order valence-electron chi connectivity index (χ1n) is 7.66. The standard InChI is InChI=1S/C18H17Cl2NO/c19-14-9-13-16(10-15(14)20)21-17(11-5-2-1-3-6-11)12-7-4-8-22-18(12)13/h1-3,5-6,9-10,12,17-18,21H,4,7-8H2/t12-,17+,18-/m0/s1. The zero-order chi connectivity index (χ0) is 15.1. The minimum atomic E-state index is 0.0879. The molecule has 0 aliphatic carbocycles. The van der Waals surface area contributed by atoms with Gasteiger partial charge in [0.1, 0.15) is 0 Å². The monoisotopic (exact) mass is 333 g/mol. The first kappa shape index (κ1) is 14.4. The molecule has 0 radical (unpaired) electrons. The number of fused-ring (bicyclic) bond motifs is 3. The second-order valence-electron chi connectivity index (χ2n) is 5.98. The van der Waals surface area contributed by atoms with Gasteiger partial charge in [0, 0.05) is 23.8 Å². The largest absolute Gasteiger partial charge is 0.377 e. The summed E-state index contributed by atoms with van der Waals surface area (Å²) >= 11 is 12.4. The molecule has 0 aromatic heterocycles. The maximum atomic E-state index is 6.21. The molecular formula is C18H17Cl2NO. The Balaban J connectivity index is 1.81. The molecule has 0 amide bonds. The Morgan fingerprint density at radius 3 is 2.64 bits per heavy atom. The molecule has 1 saturated heterocycles. The Kier molecular flexibility index (Phi) is 3.77. The highest BCUT2D eigenvalue weighted by atomic mass is 35.5. The summed E-state index contributed by atoms with van der Waals surface area (Å²) < 4.78 is 6.11. The number of benzene rings is 2. The molecule has 2 aromatic rings. The summed E-state index contributed by atoms with van der Waals surface area (Å²) in [6.07, 6.45) is 2.34. The van der Waals surface area contributed by atoms with E-state index in [-0.39, 0.29) is 12.1 Å². The second kappa shape index (κ2) is 5.77. The molecule has 3 atom stereocenters. The maximum absolute atomic E-state index is 6.21. The van der Waals surface area contributed by atoms with E-state index < -0.39 is 0 Å². The van der Waals surface area contributed by atoms with Crippen LogP contribution in [0.25, 0.3) is 0 Å². The minimum Gasteiger partial charge on any atom is -0.377 e. The van der Waals surface area contributed by atoms with Crippen LogP contribution in [0.15, 0.2) is 42.5 Å². The summed E-state index contributed by atoms with van der Waals surface area (Å²) in [6.45, 7) is 0.808. The summed E-state index contributed by atoms with van der Waals surface area (Å²) in [5.41, 5.74) is 3.46. The topological polar surface area (TPSA) is 21.3 Å². The van der Waals surface area contributed by atoms with E-state index in [0.717, 1.165) is 30.7 Å². The van der Waals surface area contributed by atoms with E-state index in [0.29, 0.717) is 16.0 Å². The molecule has 2 nitrogen and oxygen atoms in total. The highest BCUT2D eigenvalue weighted by Gasteiger charge is 2.40. The number of halogens is 2. The molecule has 4 heteroatoms. The summed E-state index contributed by atoms with van der Waals surface area (Å²) in [6, 6.07) is 14.7. The van der Waals surface area contributed by atoms with Crippen LogP contribution in [0.1, 0.15) is 36.1 Å². The lowest BCUT2D eigenvalue weighted by molar-refractivity contribution is -0.0381. The fourth-order valence-corrected chi connectivity index (χ4v) is 3.99. The van der Waals surface area contributed by atoms with Gasteiger partial charge in [-0.25, -0.2) is 0 Å². The van der Waals surface area contributed by atoms with E-state index in [2.05, 4.69) is 29.6 Å². The Hall–Kier alpha value is -1.22. The van der Waals surface area contributed by atoms with Crippen LogP contribution in [-0.2, 0) is 4.74 Å². The van der Waals surface area contributed by atoms with Crippen LogP contribution in [0.4, 0.5) is 5.69 Å². The van der Waals surface area contributed by atoms with Crippen LogP contribution < -0.4 is 5.32 Å². The molecule has 114 valence electrons. The second-order valence-corrected chi connectivity index (χ2v) is 6.80. The van der Waals surface area contributed by atoms with Gasteiger partial charge in [0.25, 0.3) is 0 Å². The predicted octanol–water partition coefficient (Wildman–Crippen LogP) is 5.63. The molecule has 0 bridgehead atoms. The van der Waals surface area contributed by atoms with Crippen LogP contribution in [0.2, 0.25) is 10.0 Å². The Bertz CT molecular complexity index is 689.